The fourth-order valence-corrected chi connectivity index (χ4v) is 4.03. The lowest BCUT2D eigenvalue weighted by Gasteiger charge is -2.26. The Kier molecular flexibility index (Phi) is 4.99. The number of halogens is 1. The summed E-state index contributed by atoms with van der Waals surface area (Å²) in [5.74, 6) is 7.32. The van der Waals surface area contributed by atoms with E-state index >= 15 is 0 Å². The van der Waals surface area contributed by atoms with Crippen LogP contribution in [-0.4, -0.2) is 0 Å². The van der Waals surface area contributed by atoms with Crippen LogP contribution in [0.2, 0.25) is 0 Å². The van der Waals surface area contributed by atoms with Gasteiger partial charge in [0, 0.05) is 10.9 Å². The Morgan fingerprint density at radius 2 is 1.59 bits per heavy atom. The van der Waals surface area contributed by atoms with Gasteiger partial charge in [0.15, 0.2) is 0 Å². The zero-order valence-electron chi connectivity index (χ0n) is 16.1. The minimum absolute atomic E-state index is 0.212. The maximum Gasteiger partial charge on any atom is 0.146 e. The lowest BCUT2D eigenvalue weighted by atomic mass is 9.79. The van der Waals surface area contributed by atoms with Gasteiger partial charge in [-0.15, -0.1) is 0 Å². The van der Waals surface area contributed by atoms with Crippen LogP contribution < -0.4 is 0 Å². The third-order valence-electron chi connectivity index (χ3n) is 5.86. The summed E-state index contributed by atoms with van der Waals surface area (Å²) in [5, 5.41) is 1.64. The first-order valence-corrected chi connectivity index (χ1v) is 9.91. The van der Waals surface area contributed by atoms with Crippen molar-refractivity contribution in [3.8, 4) is 11.8 Å². The fourth-order valence-electron chi connectivity index (χ4n) is 4.03. The van der Waals surface area contributed by atoms with Crippen LogP contribution in [0.25, 0.3) is 10.8 Å². The molecule has 1 aliphatic rings. The van der Waals surface area contributed by atoms with Gasteiger partial charge in [0.1, 0.15) is 5.82 Å². The standard InChI is InChI=1S/C26H25F/c1-18-3-7-20(8-4-18)9-12-22-13-14-24-17-23(15-16-25(24)26(22)27)21-10-5-19(2)6-11-21/h3-4,7-8,13-17,19,21H,5-6,10-11H2,1-2H3. The second-order valence-corrected chi connectivity index (χ2v) is 7.98. The minimum Gasteiger partial charge on any atom is -0.205 e. The van der Waals surface area contributed by atoms with Gasteiger partial charge in [-0.25, -0.2) is 4.39 Å². The van der Waals surface area contributed by atoms with E-state index < -0.39 is 0 Å². The van der Waals surface area contributed by atoms with Crippen LogP contribution in [0.15, 0.2) is 54.6 Å². The molecule has 0 saturated heterocycles. The van der Waals surface area contributed by atoms with Gasteiger partial charge in [0.05, 0.1) is 5.56 Å². The largest absolute Gasteiger partial charge is 0.205 e. The number of rotatable bonds is 1. The average molecular weight is 356 g/mol. The van der Waals surface area contributed by atoms with E-state index in [2.05, 4.69) is 30.9 Å². The number of hydrogen-bond donors (Lipinski definition) is 0. The molecule has 0 bridgehead atoms. The van der Waals surface area contributed by atoms with Gasteiger partial charge in [-0.05, 0) is 60.7 Å². The summed E-state index contributed by atoms with van der Waals surface area (Å²) in [7, 11) is 0. The third-order valence-corrected chi connectivity index (χ3v) is 5.86. The van der Waals surface area contributed by atoms with Crippen LogP contribution in [-0.2, 0) is 0 Å². The molecule has 0 amide bonds. The number of hydrogen-bond acceptors (Lipinski definition) is 0. The molecule has 0 aromatic heterocycles. The highest BCUT2D eigenvalue weighted by Crippen LogP contribution is 2.36. The van der Waals surface area contributed by atoms with E-state index in [0.29, 0.717) is 16.9 Å². The van der Waals surface area contributed by atoms with Crippen LogP contribution in [0.1, 0.15) is 60.8 Å². The molecular formula is C26H25F. The fraction of sp³-hybridized carbons (Fsp3) is 0.308. The van der Waals surface area contributed by atoms with E-state index in [1.807, 2.05) is 49.4 Å². The second kappa shape index (κ2) is 7.57. The molecular weight excluding hydrogens is 331 g/mol. The average Bonchev–Trinajstić information content (AvgIpc) is 2.69. The van der Waals surface area contributed by atoms with Gasteiger partial charge in [0.25, 0.3) is 0 Å². The molecule has 0 aliphatic heterocycles. The molecule has 0 atom stereocenters. The molecule has 1 aliphatic carbocycles. The van der Waals surface area contributed by atoms with Crippen LogP contribution in [0, 0.1) is 30.5 Å². The molecule has 3 aromatic rings. The van der Waals surface area contributed by atoms with Crippen molar-refractivity contribution >= 4 is 10.8 Å². The van der Waals surface area contributed by atoms with E-state index in [1.165, 1.54) is 36.8 Å². The summed E-state index contributed by atoms with van der Waals surface area (Å²) in [5.41, 5.74) is 3.91. The van der Waals surface area contributed by atoms with Crippen LogP contribution in [0.3, 0.4) is 0 Å². The van der Waals surface area contributed by atoms with Gasteiger partial charge in [-0.2, -0.15) is 0 Å². The Labute approximate surface area is 161 Å². The quantitative estimate of drug-likeness (QED) is 0.413. The summed E-state index contributed by atoms with van der Waals surface area (Å²) in [6.45, 7) is 4.38. The Morgan fingerprint density at radius 3 is 2.33 bits per heavy atom. The lowest BCUT2D eigenvalue weighted by Crippen LogP contribution is -2.10. The number of aryl methyl sites for hydroxylation is 1. The predicted octanol–water partition coefficient (Wildman–Crippen LogP) is 6.98. The van der Waals surface area contributed by atoms with Gasteiger partial charge < -0.3 is 0 Å². The molecule has 0 spiro atoms. The van der Waals surface area contributed by atoms with E-state index in [4.69, 9.17) is 0 Å². The molecule has 1 heteroatoms. The van der Waals surface area contributed by atoms with Gasteiger partial charge in [0.2, 0.25) is 0 Å². The van der Waals surface area contributed by atoms with E-state index in [9.17, 15) is 4.39 Å². The smallest absolute Gasteiger partial charge is 0.146 e. The van der Waals surface area contributed by atoms with E-state index in [-0.39, 0.29) is 5.82 Å². The Hall–Kier alpha value is -2.59. The highest BCUT2D eigenvalue weighted by Gasteiger charge is 2.20. The normalized spacial score (nSPS) is 19.5. The van der Waals surface area contributed by atoms with Crippen molar-refractivity contribution in [1.29, 1.82) is 0 Å². The summed E-state index contributed by atoms with van der Waals surface area (Å²) in [6, 6.07) is 18.0. The van der Waals surface area contributed by atoms with Crippen molar-refractivity contribution in [2.75, 3.05) is 0 Å². The SMILES string of the molecule is Cc1ccc(C#Cc2ccc3cc(C4CCC(C)CC4)ccc3c2F)cc1. The molecule has 0 unspecified atom stereocenters. The van der Waals surface area contributed by atoms with Crippen molar-refractivity contribution in [2.45, 2.75) is 45.4 Å². The molecule has 4 rings (SSSR count). The maximum absolute atomic E-state index is 15.0. The summed E-state index contributed by atoms with van der Waals surface area (Å²) >= 11 is 0. The van der Waals surface area contributed by atoms with Gasteiger partial charge in [-0.3, -0.25) is 0 Å². The minimum atomic E-state index is -0.212. The van der Waals surface area contributed by atoms with Crippen molar-refractivity contribution < 1.29 is 4.39 Å². The molecule has 1 saturated carbocycles. The van der Waals surface area contributed by atoms with Crippen LogP contribution >= 0.6 is 0 Å². The number of benzene rings is 3. The van der Waals surface area contributed by atoms with E-state index in [1.54, 1.807) is 0 Å². The zero-order valence-corrected chi connectivity index (χ0v) is 16.1. The Bertz CT molecular complexity index is 1010. The van der Waals surface area contributed by atoms with Crippen LogP contribution in [0.5, 0.6) is 0 Å². The third kappa shape index (κ3) is 3.91. The first-order valence-electron chi connectivity index (χ1n) is 9.91. The second-order valence-electron chi connectivity index (χ2n) is 7.98. The predicted molar refractivity (Wildman–Crippen MR) is 111 cm³/mol. The Balaban J connectivity index is 1.63. The molecule has 0 nitrogen and oxygen atoms in total. The van der Waals surface area contributed by atoms with Gasteiger partial charge in [-0.1, -0.05) is 73.6 Å². The van der Waals surface area contributed by atoms with Crippen molar-refractivity contribution in [3.63, 3.8) is 0 Å². The van der Waals surface area contributed by atoms with Crippen molar-refractivity contribution in [1.82, 2.24) is 0 Å². The highest BCUT2D eigenvalue weighted by molar-refractivity contribution is 5.85. The summed E-state index contributed by atoms with van der Waals surface area (Å²) < 4.78 is 15.0. The highest BCUT2D eigenvalue weighted by atomic mass is 19.1. The van der Waals surface area contributed by atoms with Crippen LogP contribution in [0.4, 0.5) is 4.39 Å². The van der Waals surface area contributed by atoms with Gasteiger partial charge >= 0.3 is 0 Å². The first kappa shape index (κ1) is 17.8. The van der Waals surface area contributed by atoms with E-state index in [0.717, 1.165) is 16.9 Å². The lowest BCUT2D eigenvalue weighted by molar-refractivity contribution is 0.348. The molecule has 0 N–H and O–H groups in total. The molecule has 136 valence electrons. The monoisotopic (exact) mass is 356 g/mol. The van der Waals surface area contributed by atoms with Crippen molar-refractivity contribution in [2.24, 2.45) is 5.92 Å². The molecule has 27 heavy (non-hydrogen) atoms. The maximum atomic E-state index is 15.0. The molecule has 0 heterocycles. The first-order chi connectivity index (χ1) is 13.1. The Morgan fingerprint density at radius 1 is 0.852 bits per heavy atom. The molecule has 0 radical (unpaired) electrons. The topological polar surface area (TPSA) is 0 Å². The zero-order chi connectivity index (χ0) is 18.8. The summed E-state index contributed by atoms with van der Waals surface area (Å²) in [4.78, 5) is 0. The number of fused-ring (bicyclic) bond motifs is 1. The van der Waals surface area contributed by atoms with Crippen molar-refractivity contribution in [3.05, 3.63) is 82.7 Å². The summed E-state index contributed by atoms with van der Waals surface area (Å²) in [6.07, 6.45) is 5.08. The molecule has 1 fully saturated rings. The molecule has 3 aromatic carbocycles.